The van der Waals surface area contributed by atoms with Crippen LogP contribution in [0.15, 0.2) is 48.5 Å². The molecule has 2 aromatic rings. The Morgan fingerprint density at radius 3 is 2.67 bits per heavy atom. The summed E-state index contributed by atoms with van der Waals surface area (Å²) in [6, 6.07) is 16.2. The molecular weight excluding hydrogens is 260 g/mol. The fourth-order valence-electron chi connectivity index (χ4n) is 3.16. The van der Waals surface area contributed by atoms with Crippen LogP contribution in [0.5, 0.6) is 0 Å². The van der Waals surface area contributed by atoms with Gasteiger partial charge in [-0.25, -0.2) is 0 Å². The minimum atomic E-state index is -0.307. The molecule has 0 aromatic heterocycles. The highest BCUT2D eigenvalue weighted by Gasteiger charge is 2.51. The number of amides is 1. The van der Waals surface area contributed by atoms with Gasteiger partial charge in [0.05, 0.1) is 5.41 Å². The topological polar surface area (TPSA) is 41.1 Å². The Morgan fingerprint density at radius 2 is 1.90 bits per heavy atom. The van der Waals surface area contributed by atoms with Crippen molar-refractivity contribution in [3.05, 3.63) is 59.7 Å². The Kier molecular flexibility index (Phi) is 2.74. The van der Waals surface area contributed by atoms with E-state index in [9.17, 15) is 4.79 Å². The van der Waals surface area contributed by atoms with Crippen molar-refractivity contribution in [3.8, 4) is 0 Å². The van der Waals surface area contributed by atoms with E-state index in [-0.39, 0.29) is 11.3 Å². The summed E-state index contributed by atoms with van der Waals surface area (Å²) >= 11 is 0. The molecule has 1 amide bonds. The van der Waals surface area contributed by atoms with Crippen LogP contribution in [0.1, 0.15) is 24.0 Å². The zero-order valence-corrected chi connectivity index (χ0v) is 11.9. The van der Waals surface area contributed by atoms with Gasteiger partial charge in [0.15, 0.2) is 0 Å². The third kappa shape index (κ3) is 2.09. The maximum Gasteiger partial charge on any atom is 0.235 e. The average Bonchev–Trinajstić information content (AvgIpc) is 3.21. The monoisotopic (exact) mass is 278 g/mol. The zero-order valence-electron chi connectivity index (χ0n) is 11.9. The average molecular weight is 278 g/mol. The largest absolute Gasteiger partial charge is 0.384 e. The Labute approximate surface area is 124 Å². The predicted molar refractivity (Wildman–Crippen MR) is 84.6 cm³/mol. The molecule has 1 heterocycles. The van der Waals surface area contributed by atoms with Gasteiger partial charge >= 0.3 is 0 Å². The molecule has 1 aliphatic heterocycles. The number of carbonyl (C=O) groups is 1. The number of benzene rings is 2. The quantitative estimate of drug-likeness (QED) is 0.904. The molecule has 3 heteroatoms. The molecule has 1 fully saturated rings. The molecule has 1 aliphatic carbocycles. The van der Waals surface area contributed by atoms with E-state index in [1.807, 2.05) is 24.3 Å². The zero-order chi connectivity index (χ0) is 14.3. The van der Waals surface area contributed by atoms with Crippen LogP contribution < -0.4 is 10.6 Å². The van der Waals surface area contributed by atoms with Crippen LogP contribution in [0, 0.1) is 0 Å². The third-order valence-electron chi connectivity index (χ3n) is 4.58. The molecule has 0 saturated heterocycles. The molecule has 1 saturated carbocycles. The number of rotatable bonds is 3. The summed E-state index contributed by atoms with van der Waals surface area (Å²) in [5.74, 6) is 0.125. The van der Waals surface area contributed by atoms with Gasteiger partial charge in [0.25, 0.3) is 0 Å². The first-order valence-electron chi connectivity index (χ1n) is 7.52. The van der Waals surface area contributed by atoms with E-state index < -0.39 is 0 Å². The molecule has 2 N–H and O–H groups in total. The summed E-state index contributed by atoms with van der Waals surface area (Å²) in [4.78, 5) is 12.7. The Balaban J connectivity index is 1.56. The molecule has 0 spiro atoms. The van der Waals surface area contributed by atoms with Gasteiger partial charge in [-0.3, -0.25) is 4.79 Å². The fraction of sp³-hybridized carbons (Fsp3) is 0.278. The van der Waals surface area contributed by atoms with E-state index in [0.717, 1.165) is 37.1 Å². The molecular formula is C18H18N2O. The molecule has 2 aliphatic rings. The summed E-state index contributed by atoms with van der Waals surface area (Å²) in [5.41, 5.74) is 4.21. The lowest BCUT2D eigenvalue weighted by atomic mass is 9.95. The van der Waals surface area contributed by atoms with Crippen LogP contribution in [0.3, 0.4) is 0 Å². The second kappa shape index (κ2) is 4.62. The van der Waals surface area contributed by atoms with Gasteiger partial charge in [-0.15, -0.1) is 0 Å². The van der Waals surface area contributed by atoms with Gasteiger partial charge < -0.3 is 10.6 Å². The Bertz CT molecular complexity index is 690. The minimum Gasteiger partial charge on any atom is -0.384 e. The van der Waals surface area contributed by atoms with E-state index in [4.69, 9.17) is 0 Å². The van der Waals surface area contributed by atoms with E-state index >= 15 is 0 Å². The molecule has 0 bridgehead atoms. The van der Waals surface area contributed by atoms with Crippen molar-refractivity contribution in [1.82, 2.24) is 0 Å². The van der Waals surface area contributed by atoms with Gasteiger partial charge in [-0.05, 0) is 48.6 Å². The molecule has 0 radical (unpaired) electrons. The molecule has 21 heavy (non-hydrogen) atoms. The number of anilines is 2. The number of fused-ring (bicyclic) bond motifs is 1. The van der Waals surface area contributed by atoms with E-state index in [1.54, 1.807) is 0 Å². The van der Waals surface area contributed by atoms with E-state index in [1.165, 1.54) is 11.3 Å². The van der Waals surface area contributed by atoms with Gasteiger partial charge in [0.2, 0.25) is 5.91 Å². The van der Waals surface area contributed by atoms with Gasteiger partial charge in [-0.1, -0.05) is 30.3 Å². The van der Waals surface area contributed by atoms with Crippen LogP contribution in [0.2, 0.25) is 0 Å². The van der Waals surface area contributed by atoms with Gasteiger partial charge in [-0.2, -0.15) is 0 Å². The Hall–Kier alpha value is -2.29. The summed E-state index contributed by atoms with van der Waals surface area (Å²) in [5, 5.41) is 6.44. The van der Waals surface area contributed by atoms with Crippen molar-refractivity contribution in [2.24, 2.45) is 0 Å². The molecule has 3 nitrogen and oxygen atoms in total. The van der Waals surface area contributed by atoms with Crippen molar-refractivity contribution in [1.29, 1.82) is 0 Å². The standard InChI is InChI=1S/C18H18N2O/c21-17(18(9-10-18)14-4-2-1-3-5-14)20-15-6-7-16-13(12-15)8-11-19-16/h1-7,12,19H,8-11H2,(H,20,21). The molecule has 0 atom stereocenters. The summed E-state index contributed by atoms with van der Waals surface area (Å²) in [6.45, 7) is 0.987. The highest BCUT2D eigenvalue weighted by molar-refractivity contribution is 6.01. The predicted octanol–water partition coefficient (Wildman–Crippen LogP) is 3.32. The van der Waals surface area contributed by atoms with E-state index in [0.29, 0.717) is 0 Å². The SMILES string of the molecule is O=C(Nc1ccc2c(c1)CCN2)C1(c2ccccc2)CC1. The number of carbonyl (C=O) groups excluding carboxylic acids is 1. The lowest BCUT2D eigenvalue weighted by Crippen LogP contribution is -2.27. The molecule has 0 unspecified atom stereocenters. The lowest BCUT2D eigenvalue weighted by molar-refractivity contribution is -0.118. The van der Waals surface area contributed by atoms with Crippen molar-refractivity contribution < 1.29 is 4.79 Å². The summed E-state index contributed by atoms with van der Waals surface area (Å²) < 4.78 is 0. The number of hydrogen-bond donors (Lipinski definition) is 2. The Morgan fingerprint density at radius 1 is 1.10 bits per heavy atom. The van der Waals surface area contributed by atoms with E-state index in [2.05, 4.69) is 34.9 Å². The van der Waals surface area contributed by atoms with Crippen molar-refractivity contribution in [2.75, 3.05) is 17.2 Å². The lowest BCUT2D eigenvalue weighted by Gasteiger charge is -2.16. The summed E-state index contributed by atoms with van der Waals surface area (Å²) in [7, 11) is 0. The highest BCUT2D eigenvalue weighted by atomic mass is 16.2. The van der Waals surface area contributed by atoms with Crippen molar-refractivity contribution in [3.63, 3.8) is 0 Å². The maximum absolute atomic E-state index is 12.7. The smallest absolute Gasteiger partial charge is 0.235 e. The maximum atomic E-state index is 12.7. The van der Waals surface area contributed by atoms with Crippen LogP contribution in [0.25, 0.3) is 0 Å². The van der Waals surface area contributed by atoms with Crippen molar-refractivity contribution >= 4 is 17.3 Å². The molecule has 106 valence electrons. The number of hydrogen-bond acceptors (Lipinski definition) is 2. The molecule has 4 rings (SSSR count). The highest BCUT2D eigenvalue weighted by Crippen LogP contribution is 2.49. The summed E-state index contributed by atoms with van der Waals surface area (Å²) in [6.07, 6.45) is 2.91. The van der Waals surface area contributed by atoms with Crippen LogP contribution in [-0.4, -0.2) is 12.5 Å². The van der Waals surface area contributed by atoms with Crippen molar-refractivity contribution in [2.45, 2.75) is 24.7 Å². The van der Waals surface area contributed by atoms with Crippen LogP contribution in [0.4, 0.5) is 11.4 Å². The van der Waals surface area contributed by atoms with Crippen LogP contribution >= 0.6 is 0 Å². The first-order valence-corrected chi connectivity index (χ1v) is 7.52. The normalized spacial score (nSPS) is 17.7. The van der Waals surface area contributed by atoms with Crippen LogP contribution in [-0.2, 0) is 16.6 Å². The van der Waals surface area contributed by atoms with Gasteiger partial charge in [0.1, 0.15) is 0 Å². The first kappa shape index (κ1) is 12.5. The second-order valence-corrected chi connectivity index (χ2v) is 5.95. The van der Waals surface area contributed by atoms with Gasteiger partial charge in [0, 0.05) is 17.9 Å². The number of nitrogens with one attached hydrogen (secondary N) is 2. The third-order valence-corrected chi connectivity index (χ3v) is 4.58. The second-order valence-electron chi connectivity index (χ2n) is 5.95. The fourth-order valence-corrected chi connectivity index (χ4v) is 3.16. The first-order chi connectivity index (χ1) is 10.3. The minimum absolute atomic E-state index is 0.125. The molecule has 2 aromatic carbocycles.